The van der Waals surface area contributed by atoms with Gasteiger partial charge in [0, 0.05) is 43.9 Å². The SMILES string of the molecule is CN(C)CCO[C@H]1C[C@@H](O)C12CCN(c1cnccn1)CC2.Cl.Cl. The highest BCUT2D eigenvalue weighted by molar-refractivity contribution is 5.85. The molecule has 8 heteroatoms. The Labute approximate surface area is 156 Å². The topological polar surface area (TPSA) is 61.7 Å². The lowest BCUT2D eigenvalue weighted by Crippen LogP contribution is -2.62. The molecule has 0 aromatic carbocycles. The van der Waals surface area contributed by atoms with Gasteiger partial charge in [-0.05, 0) is 26.9 Å². The molecule has 3 rings (SSSR count). The lowest BCUT2D eigenvalue weighted by Gasteiger charge is -2.56. The number of anilines is 1. The van der Waals surface area contributed by atoms with Crippen LogP contribution in [0.2, 0.25) is 0 Å². The predicted octanol–water partition coefficient (Wildman–Crippen LogP) is 1.62. The van der Waals surface area contributed by atoms with Crippen molar-refractivity contribution in [2.45, 2.75) is 31.5 Å². The number of ether oxygens (including phenoxy) is 1. The minimum Gasteiger partial charge on any atom is -0.392 e. The molecule has 0 unspecified atom stereocenters. The van der Waals surface area contributed by atoms with Crippen LogP contribution in [0, 0.1) is 5.41 Å². The first-order chi connectivity index (χ1) is 10.6. The number of aromatic nitrogens is 2. The second kappa shape index (κ2) is 9.15. The van der Waals surface area contributed by atoms with Gasteiger partial charge in [-0.25, -0.2) is 4.98 Å². The van der Waals surface area contributed by atoms with E-state index in [-0.39, 0.29) is 42.4 Å². The van der Waals surface area contributed by atoms with Crippen molar-refractivity contribution < 1.29 is 9.84 Å². The van der Waals surface area contributed by atoms with Gasteiger partial charge in [0.1, 0.15) is 5.82 Å². The third-order valence-corrected chi connectivity index (χ3v) is 5.17. The highest BCUT2D eigenvalue weighted by atomic mass is 35.5. The van der Waals surface area contributed by atoms with E-state index >= 15 is 0 Å². The van der Waals surface area contributed by atoms with Gasteiger partial charge in [-0.2, -0.15) is 0 Å². The van der Waals surface area contributed by atoms with Gasteiger partial charge < -0.3 is 19.6 Å². The van der Waals surface area contributed by atoms with Crippen molar-refractivity contribution in [3.8, 4) is 0 Å². The van der Waals surface area contributed by atoms with Crippen LogP contribution in [0.25, 0.3) is 0 Å². The monoisotopic (exact) mass is 378 g/mol. The standard InChI is InChI=1S/C16H26N4O2.2ClH/c1-19(2)9-10-22-14-11-13(21)16(14)3-7-20(8-4-16)15-12-17-5-6-18-15;;/h5-6,12-14,21H,3-4,7-11H2,1-2H3;2*1H/t13-,14+;;/m1../s1. The number of halogens is 2. The maximum Gasteiger partial charge on any atom is 0.147 e. The second-order valence-electron chi connectivity index (χ2n) is 6.70. The first-order valence-electron chi connectivity index (χ1n) is 8.07. The van der Waals surface area contributed by atoms with Crippen molar-refractivity contribution in [2.75, 3.05) is 45.2 Å². The smallest absolute Gasteiger partial charge is 0.147 e. The molecule has 1 aliphatic carbocycles. The van der Waals surface area contributed by atoms with Crippen LogP contribution in [-0.2, 0) is 4.74 Å². The van der Waals surface area contributed by atoms with E-state index in [4.69, 9.17) is 4.74 Å². The summed E-state index contributed by atoms with van der Waals surface area (Å²) in [6.45, 7) is 3.47. The number of nitrogens with zero attached hydrogens (tertiary/aromatic N) is 4. The fourth-order valence-electron chi connectivity index (χ4n) is 3.60. The Kier molecular flexibility index (Phi) is 8.15. The number of likely N-dealkylation sites (N-methyl/N-ethyl adjacent to an activating group) is 1. The molecule has 6 nitrogen and oxygen atoms in total. The number of rotatable bonds is 5. The van der Waals surface area contributed by atoms with E-state index in [1.165, 1.54) is 0 Å². The van der Waals surface area contributed by atoms with Crippen LogP contribution in [0.15, 0.2) is 18.6 Å². The summed E-state index contributed by atoms with van der Waals surface area (Å²) in [6.07, 6.45) is 7.89. The van der Waals surface area contributed by atoms with Gasteiger partial charge in [0.15, 0.2) is 0 Å². The van der Waals surface area contributed by atoms with Crippen molar-refractivity contribution in [1.29, 1.82) is 0 Å². The fraction of sp³-hybridized carbons (Fsp3) is 0.750. The quantitative estimate of drug-likeness (QED) is 0.839. The molecule has 2 heterocycles. The molecule has 1 aromatic heterocycles. The largest absolute Gasteiger partial charge is 0.392 e. The minimum absolute atomic E-state index is 0. The van der Waals surface area contributed by atoms with E-state index in [0.29, 0.717) is 0 Å². The molecule has 2 atom stereocenters. The van der Waals surface area contributed by atoms with Crippen LogP contribution in [-0.4, -0.2) is 72.5 Å². The van der Waals surface area contributed by atoms with E-state index in [2.05, 4.69) is 19.8 Å². The molecule has 1 spiro atoms. The normalized spacial score (nSPS) is 24.9. The van der Waals surface area contributed by atoms with Gasteiger partial charge in [0.05, 0.1) is 25.0 Å². The molecule has 2 fully saturated rings. The van der Waals surface area contributed by atoms with Crippen LogP contribution >= 0.6 is 24.8 Å². The molecule has 1 N–H and O–H groups in total. The molecule has 0 radical (unpaired) electrons. The van der Waals surface area contributed by atoms with Gasteiger partial charge in [0.25, 0.3) is 0 Å². The van der Waals surface area contributed by atoms with Gasteiger partial charge in [-0.15, -0.1) is 24.8 Å². The fourth-order valence-corrected chi connectivity index (χ4v) is 3.60. The number of hydrogen-bond donors (Lipinski definition) is 1. The molecule has 1 saturated carbocycles. The number of piperidine rings is 1. The Balaban J connectivity index is 0.00000144. The zero-order valence-corrected chi connectivity index (χ0v) is 15.9. The Morgan fingerprint density at radius 3 is 2.54 bits per heavy atom. The molecule has 1 aromatic rings. The summed E-state index contributed by atoms with van der Waals surface area (Å²) in [5.74, 6) is 0.927. The summed E-state index contributed by atoms with van der Waals surface area (Å²) in [6, 6.07) is 0. The third-order valence-electron chi connectivity index (χ3n) is 5.17. The second-order valence-corrected chi connectivity index (χ2v) is 6.70. The molecule has 138 valence electrons. The van der Waals surface area contributed by atoms with Crippen LogP contribution < -0.4 is 4.90 Å². The lowest BCUT2D eigenvalue weighted by molar-refractivity contribution is -0.202. The van der Waals surface area contributed by atoms with Crippen LogP contribution in [0.3, 0.4) is 0 Å². The molecular formula is C16H28Cl2N4O2. The van der Waals surface area contributed by atoms with Crippen molar-refractivity contribution >= 4 is 30.6 Å². The zero-order chi connectivity index (χ0) is 15.6. The maximum atomic E-state index is 10.3. The van der Waals surface area contributed by atoms with Crippen LogP contribution in [0.5, 0.6) is 0 Å². The Bertz CT molecular complexity index is 484. The van der Waals surface area contributed by atoms with E-state index in [1.54, 1.807) is 18.6 Å². The van der Waals surface area contributed by atoms with E-state index < -0.39 is 0 Å². The summed E-state index contributed by atoms with van der Waals surface area (Å²) < 4.78 is 6.05. The van der Waals surface area contributed by atoms with Crippen molar-refractivity contribution in [3.05, 3.63) is 18.6 Å². The maximum absolute atomic E-state index is 10.3. The molecule has 1 saturated heterocycles. The summed E-state index contributed by atoms with van der Waals surface area (Å²) in [7, 11) is 4.10. The van der Waals surface area contributed by atoms with Crippen LogP contribution in [0.1, 0.15) is 19.3 Å². The van der Waals surface area contributed by atoms with Crippen LogP contribution in [0.4, 0.5) is 5.82 Å². The van der Waals surface area contributed by atoms with Crippen molar-refractivity contribution in [1.82, 2.24) is 14.9 Å². The average molecular weight is 379 g/mol. The highest BCUT2D eigenvalue weighted by Gasteiger charge is 2.56. The molecule has 24 heavy (non-hydrogen) atoms. The summed E-state index contributed by atoms with van der Waals surface area (Å²) in [5, 5.41) is 10.3. The number of hydrogen-bond acceptors (Lipinski definition) is 6. The molecule has 0 bridgehead atoms. The average Bonchev–Trinajstić information content (AvgIpc) is 2.55. The van der Waals surface area contributed by atoms with E-state index in [0.717, 1.165) is 51.3 Å². The van der Waals surface area contributed by atoms with E-state index in [1.807, 2.05) is 14.1 Å². The minimum atomic E-state index is -0.221. The highest BCUT2D eigenvalue weighted by Crippen LogP contribution is 2.51. The Morgan fingerprint density at radius 2 is 2.00 bits per heavy atom. The molecule has 1 aliphatic heterocycles. The van der Waals surface area contributed by atoms with Gasteiger partial charge in [0.2, 0.25) is 0 Å². The molecule has 0 amide bonds. The van der Waals surface area contributed by atoms with Gasteiger partial charge in [-0.1, -0.05) is 0 Å². The summed E-state index contributed by atoms with van der Waals surface area (Å²) in [5.41, 5.74) is -0.0506. The number of aliphatic hydroxyl groups is 1. The van der Waals surface area contributed by atoms with E-state index in [9.17, 15) is 5.11 Å². The van der Waals surface area contributed by atoms with Crippen molar-refractivity contribution in [3.63, 3.8) is 0 Å². The Morgan fingerprint density at radius 1 is 1.29 bits per heavy atom. The summed E-state index contributed by atoms with van der Waals surface area (Å²) >= 11 is 0. The first kappa shape index (κ1) is 21.4. The van der Waals surface area contributed by atoms with Gasteiger partial charge >= 0.3 is 0 Å². The summed E-state index contributed by atoms with van der Waals surface area (Å²) in [4.78, 5) is 12.9. The van der Waals surface area contributed by atoms with Gasteiger partial charge in [-0.3, -0.25) is 4.98 Å². The molecular weight excluding hydrogens is 351 g/mol. The molecule has 2 aliphatic rings. The number of aliphatic hydroxyl groups excluding tert-OH is 1. The zero-order valence-electron chi connectivity index (χ0n) is 14.3. The predicted molar refractivity (Wildman–Crippen MR) is 99.3 cm³/mol. The Hall–Kier alpha value is -0.660. The lowest BCUT2D eigenvalue weighted by atomic mass is 9.58. The van der Waals surface area contributed by atoms with Crippen molar-refractivity contribution in [2.24, 2.45) is 5.41 Å². The third kappa shape index (κ3) is 4.29. The first-order valence-corrected chi connectivity index (χ1v) is 8.07.